The van der Waals surface area contributed by atoms with Crippen molar-refractivity contribution in [1.29, 1.82) is 0 Å². The third-order valence-corrected chi connectivity index (χ3v) is 4.10. The SMILES string of the molecule is CCc1nc(-c2cnn(-c3ccccc3)n2)[nH]c(=O)c1I. The summed E-state index contributed by atoms with van der Waals surface area (Å²) in [5.74, 6) is 0.444. The molecule has 1 N–H and O–H groups in total. The van der Waals surface area contributed by atoms with Crippen molar-refractivity contribution in [2.24, 2.45) is 0 Å². The molecule has 0 spiro atoms. The number of benzene rings is 1. The van der Waals surface area contributed by atoms with E-state index in [1.54, 1.807) is 6.20 Å². The Bertz CT molecular complexity index is 825. The van der Waals surface area contributed by atoms with E-state index in [4.69, 9.17) is 0 Å². The summed E-state index contributed by atoms with van der Waals surface area (Å²) in [4.78, 5) is 20.6. The monoisotopic (exact) mass is 393 g/mol. The molecule has 0 fully saturated rings. The zero-order chi connectivity index (χ0) is 14.8. The van der Waals surface area contributed by atoms with Crippen molar-refractivity contribution in [1.82, 2.24) is 25.0 Å². The van der Waals surface area contributed by atoms with Crippen molar-refractivity contribution in [2.75, 3.05) is 0 Å². The molecule has 0 saturated heterocycles. The maximum atomic E-state index is 11.9. The number of aromatic nitrogens is 5. The molecule has 106 valence electrons. The van der Waals surface area contributed by atoms with Gasteiger partial charge in [-0.05, 0) is 41.1 Å². The van der Waals surface area contributed by atoms with Gasteiger partial charge in [-0.25, -0.2) is 4.98 Å². The second-order valence-electron chi connectivity index (χ2n) is 4.38. The first-order valence-corrected chi connectivity index (χ1v) is 7.53. The molecule has 0 aliphatic rings. The highest BCUT2D eigenvalue weighted by atomic mass is 127. The Morgan fingerprint density at radius 1 is 1.29 bits per heavy atom. The lowest BCUT2D eigenvalue weighted by atomic mass is 10.3. The zero-order valence-electron chi connectivity index (χ0n) is 11.2. The predicted molar refractivity (Wildman–Crippen MR) is 87.3 cm³/mol. The van der Waals surface area contributed by atoms with Crippen LogP contribution in [-0.2, 0) is 6.42 Å². The molecule has 0 aliphatic carbocycles. The van der Waals surface area contributed by atoms with Gasteiger partial charge in [-0.3, -0.25) is 4.79 Å². The number of nitrogens with zero attached hydrogens (tertiary/aromatic N) is 4. The lowest BCUT2D eigenvalue weighted by Gasteiger charge is -2.02. The smallest absolute Gasteiger partial charge is 0.264 e. The van der Waals surface area contributed by atoms with Crippen molar-refractivity contribution in [3.8, 4) is 17.2 Å². The Balaban J connectivity index is 2.05. The molecule has 21 heavy (non-hydrogen) atoms. The molecule has 0 saturated carbocycles. The fraction of sp³-hybridized carbons (Fsp3) is 0.143. The molecule has 0 unspecified atom stereocenters. The van der Waals surface area contributed by atoms with Gasteiger partial charge in [0.15, 0.2) is 5.82 Å². The van der Waals surface area contributed by atoms with Gasteiger partial charge in [-0.1, -0.05) is 25.1 Å². The van der Waals surface area contributed by atoms with Gasteiger partial charge in [0.1, 0.15) is 5.69 Å². The number of halogens is 1. The fourth-order valence-corrected chi connectivity index (χ4v) is 2.56. The van der Waals surface area contributed by atoms with E-state index in [1.165, 1.54) is 4.80 Å². The highest BCUT2D eigenvalue weighted by Gasteiger charge is 2.12. The van der Waals surface area contributed by atoms with E-state index in [1.807, 2.05) is 59.8 Å². The second kappa shape index (κ2) is 5.76. The van der Waals surface area contributed by atoms with Gasteiger partial charge < -0.3 is 4.98 Å². The van der Waals surface area contributed by atoms with E-state index in [-0.39, 0.29) is 5.56 Å². The van der Waals surface area contributed by atoms with E-state index in [2.05, 4.69) is 20.2 Å². The largest absolute Gasteiger partial charge is 0.304 e. The van der Waals surface area contributed by atoms with Crippen LogP contribution in [0.2, 0.25) is 0 Å². The summed E-state index contributed by atoms with van der Waals surface area (Å²) in [5.41, 5.74) is 2.02. The van der Waals surface area contributed by atoms with Crippen LogP contribution in [0, 0.1) is 3.57 Å². The lowest BCUT2D eigenvalue weighted by molar-refractivity contribution is 0.752. The first-order chi connectivity index (χ1) is 10.2. The molecule has 0 radical (unpaired) electrons. The minimum absolute atomic E-state index is 0.147. The maximum absolute atomic E-state index is 11.9. The number of hydrogen-bond acceptors (Lipinski definition) is 4. The van der Waals surface area contributed by atoms with Crippen LogP contribution < -0.4 is 5.56 Å². The number of rotatable bonds is 3. The van der Waals surface area contributed by atoms with Crippen LogP contribution in [-0.4, -0.2) is 25.0 Å². The van der Waals surface area contributed by atoms with Gasteiger partial charge >= 0.3 is 0 Å². The van der Waals surface area contributed by atoms with Gasteiger partial charge in [0, 0.05) is 0 Å². The normalized spacial score (nSPS) is 10.8. The van der Waals surface area contributed by atoms with Crippen molar-refractivity contribution < 1.29 is 0 Å². The molecular weight excluding hydrogens is 381 g/mol. The van der Waals surface area contributed by atoms with Crippen LogP contribution in [0.5, 0.6) is 0 Å². The van der Waals surface area contributed by atoms with E-state index in [0.717, 1.165) is 11.4 Å². The Hall–Kier alpha value is -2.03. The Labute approximate surface area is 134 Å². The summed E-state index contributed by atoms with van der Waals surface area (Å²) in [6.07, 6.45) is 2.29. The van der Waals surface area contributed by atoms with E-state index < -0.39 is 0 Å². The van der Waals surface area contributed by atoms with Crippen LogP contribution in [0.25, 0.3) is 17.2 Å². The van der Waals surface area contributed by atoms with E-state index in [9.17, 15) is 4.79 Å². The number of aryl methyl sites for hydroxylation is 1. The molecule has 0 aliphatic heterocycles. The van der Waals surface area contributed by atoms with Crippen LogP contribution >= 0.6 is 22.6 Å². The summed E-state index contributed by atoms with van der Waals surface area (Å²) in [6, 6.07) is 9.58. The van der Waals surface area contributed by atoms with Crippen molar-refractivity contribution in [3.63, 3.8) is 0 Å². The molecular formula is C14H12IN5O. The van der Waals surface area contributed by atoms with Crippen LogP contribution in [0.3, 0.4) is 0 Å². The third kappa shape index (κ3) is 2.73. The van der Waals surface area contributed by atoms with Gasteiger partial charge in [-0.15, -0.1) is 5.10 Å². The number of nitrogens with one attached hydrogen (secondary N) is 1. The molecule has 2 aromatic heterocycles. The predicted octanol–water partition coefficient (Wildman–Crippen LogP) is 2.18. The number of para-hydroxylation sites is 1. The molecule has 3 rings (SSSR count). The maximum Gasteiger partial charge on any atom is 0.264 e. The average molecular weight is 393 g/mol. The van der Waals surface area contributed by atoms with Crippen LogP contribution in [0.15, 0.2) is 41.3 Å². The summed E-state index contributed by atoms with van der Waals surface area (Å²) < 4.78 is 0.620. The van der Waals surface area contributed by atoms with Gasteiger partial charge in [0.25, 0.3) is 5.56 Å². The minimum Gasteiger partial charge on any atom is -0.304 e. The first-order valence-electron chi connectivity index (χ1n) is 6.46. The molecule has 0 bridgehead atoms. The van der Waals surface area contributed by atoms with Gasteiger partial charge in [0.2, 0.25) is 0 Å². The lowest BCUT2D eigenvalue weighted by Crippen LogP contribution is -2.16. The molecule has 7 heteroatoms. The van der Waals surface area contributed by atoms with E-state index in [0.29, 0.717) is 21.5 Å². The number of hydrogen-bond donors (Lipinski definition) is 1. The zero-order valence-corrected chi connectivity index (χ0v) is 13.4. The van der Waals surface area contributed by atoms with Crippen LogP contribution in [0.1, 0.15) is 12.6 Å². The van der Waals surface area contributed by atoms with Crippen molar-refractivity contribution in [2.45, 2.75) is 13.3 Å². The Kier molecular flexibility index (Phi) is 3.82. The standard InChI is InChI=1S/C14H12IN5O/c1-2-10-12(15)14(21)18-13(17-10)11-8-16-20(19-11)9-6-4-3-5-7-9/h3-8H,2H2,1H3,(H,17,18,21). The Morgan fingerprint density at radius 3 is 2.76 bits per heavy atom. The number of H-pyrrole nitrogens is 1. The van der Waals surface area contributed by atoms with Crippen molar-refractivity contribution >= 4 is 22.6 Å². The molecule has 0 atom stereocenters. The third-order valence-electron chi connectivity index (χ3n) is 2.99. The molecule has 0 amide bonds. The van der Waals surface area contributed by atoms with Crippen molar-refractivity contribution in [3.05, 3.63) is 56.1 Å². The second-order valence-corrected chi connectivity index (χ2v) is 5.46. The topological polar surface area (TPSA) is 76.5 Å². The summed E-state index contributed by atoms with van der Waals surface area (Å²) >= 11 is 2.01. The van der Waals surface area contributed by atoms with Gasteiger partial charge in [-0.2, -0.15) is 9.90 Å². The average Bonchev–Trinajstić information content (AvgIpc) is 3.00. The molecule has 3 aromatic rings. The summed E-state index contributed by atoms with van der Waals surface area (Å²) in [5, 5.41) is 8.58. The Morgan fingerprint density at radius 2 is 2.05 bits per heavy atom. The quantitative estimate of drug-likeness (QED) is 0.693. The van der Waals surface area contributed by atoms with Crippen LogP contribution in [0.4, 0.5) is 0 Å². The number of aromatic amines is 1. The molecule has 6 nitrogen and oxygen atoms in total. The highest BCUT2D eigenvalue weighted by molar-refractivity contribution is 14.1. The summed E-state index contributed by atoms with van der Waals surface area (Å²) in [6.45, 7) is 1.97. The summed E-state index contributed by atoms with van der Waals surface area (Å²) in [7, 11) is 0. The molecule has 2 heterocycles. The minimum atomic E-state index is -0.147. The first kappa shape index (κ1) is 13.9. The highest BCUT2D eigenvalue weighted by Crippen LogP contribution is 2.14. The van der Waals surface area contributed by atoms with E-state index >= 15 is 0 Å². The molecule has 1 aromatic carbocycles. The van der Waals surface area contributed by atoms with Gasteiger partial charge in [0.05, 0.1) is 21.1 Å². The fourth-order valence-electron chi connectivity index (χ4n) is 1.92.